The predicted molar refractivity (Wildman–Crippen MR) is 99.3 cm³/mol. The Labute approximate surface area is 148 Å². The number of carbonyl (C=O) groups is 1. The number of hydrogen-bond acceptors (Lipinski definition) is 3. The van der Waals surface area contributed by atoms with Gasteiger partial charge in [0.15, 0.2) is 0 Å². The molecule has 1 heterocycles. The first-order chi connectivity index (χ1) is 11.6. The molecule has 2 aromatic rings. The second-order valence-electron chi connectivity index (χ2n) is 7.48. The van der Waals surface area contributed by atoms with Crippen LogP contribution in [-0.4, -0.2) is 29.4 Å². The topological polar surface area (TPSA) is 55.8 Å². The van der Waals surface area contributed by atoms with Crippen LogP contribution < -0.4 is 5.46 Å². The molecule has 2 aromatic carbocycles. The quantitative estimate of drug-likeness (QED) is 0.868. The van der Waals surface area contributed by atoms with Crippen molar-refractivity contribution in [1.82, 2.24) is 0 Å². The fourth-order valence-electron chi connectivity index (χ4n) is 3.09. The molecule has 25 heavy (non-hydrogen) atoms. The molecule has 0 atom stereocenters. The van der Waals surface area contributed by atoms with Gasteiger partial charge in [-0.25, -0.2) is 4.79 Å². The molecule has 1 saturated heterocycles. The van der Waals surface area contributed by atoms with E-state index in [2.05, 4.69) is 0 Å². The first-order valence-electron chi connectivity index (χ1n) is 8.42. The van der Waals surface area contributed by atoms with Crippen molar-refractivity contribution >= 4 is 18.6 Å². The summed E-state index contributed by atoms with van der Waals surface area (Å²) in [6.07, 6.45) is 0. The number of carboxylic acids is 1. The van der Waals surface area contributed by atoms with Crippen molar-refractivity contribution in [2.75, 3.05) is 0 Å². The highest BCUT2D eigenvalue weighted by atomic mass is 16.7. The van der Waals surface area contributed by atoms with Crippen molar-refractivity contribution in [3.05, 3.63) is 53.6 Å². The summed E-state index contributed by atoms with van der Waals surface area (Å²) >= 11 is 0. The number of rotatable bonds is 3. The number of aryl methyl sites for hydroxylation is 1. The Kier molecular flexibility index (Phi) is 4.25. The molecular formula is C20H23BO4. The molecule has 0 aliphatic carbocycles. The first-order valence-corrected chi connectivity index (χ1v) is 8.42. The normalized spacial score (nSPS) is 18.4. The van der Waals surface area contributed by atoms with Gasteiger partial charge in [0.2, 0.25) is 0 Å². The van der Waals surface area contributed by atoms with Gasteiger partial charge < -0.3 is 14.4 Å². The van der Waals surface area contributed by atoms with Crippen LogP contribution in [0.3, 0.4) is 0 Å². The molecule has 0 spiro atoms. The van der Waals surface area contributed by atoms with E-state index >= 15 is 0 Å². The van der Waals surface area contributed by atoms with E-state index in [-0.39, 0.29) is 5.56 Å². The molecule has 0 aromatic heterocycles. The van der Waals surface area contributed by atoms with Gasteiger partial charge in [-0.1, -0.05) is 42.5 Å². The third-order valence-corrected chi connectivity index (χ3v) is 5.24. The number of benzene rings is 2. The Bertz CT molecular complexity index is 796. The van der Waals surface area contributed by atoms with Gasteiger partial charge in [-0.2, -0.15) is 0 Å². The van der Waals surface area contributed by atoms with Gasteiger partial charge >= 0.3 is 13.1 Å². The van der Waals surface area contributed by atoms with E-state index in [9.17, 15) is 9.90 Å². The van der Waals surface area contributed by atoms with Crippen molar-refractivity contribution in [2.45, 2.75) is 45.8 Å². The smallest absolute Gasteiger partial charge is 0.478 e. The summed E-state index contributed by atoms with van der Waals surface area (Å²) in [6, 6.07) is 13.5. The second-order valence-corrected chi connectivity index (χ2v) is 7.48. The zero-order valence-corrected chi connectivity index (χ0v) is 15.3. The van der Waals surface area contributed by atoms with Gasteiger partial charge in [0.25, 0.3) is 0 Å². The summed E-state index contributed by atoms with van der Waals surface area (Å²) in [5.74, 6) is -0.972. The lowest BCUT2D eigenvalue weighted by molar-refractivity contribution is 0.00578. The molecule has 1 aliphatic heterocycles. The van der Waals surface area contributed by atoms with Gasteiger partial charge in [-0.3, -0.25) is 0 Å². The lowest BCUT2D eigenvalue weighted by Crippen LogP contribution is -2.41. The van der Waals surface area contributed by atoms with Crippen molar-refractivity contribution in [3.63, 3.8) is 0 Å². The summed E-state index contributed by atoms with van der Waals surface area (Å²) < 4.78 is 12.3. The first kappa shape index (κ1) is 17.7. The second kappa shape index (κ2) is 6.01. The SMILES string of the molecule is Cc1ccc(-c2ccccc2)c(B2OC(C)(C)C(C)(C)O2)c1C(=O)O. The van der Waals surface area contributed by atoms with E-state index in [1.54, 1.807) is 6.92 Å². The zero-order valence-electron chi connectivity index (χ0n) is 15.3. The van der Waals surface area contributed by atoms with Crippen LogP contribution in [0.25, 0.3) is 11.1 Å². The van der Waals surface area contributed by atoms with Crippen molar-refractivity contribution in [2.24, 2.45) is 0 Å². The largest absolute Gasteiger partial charge is 0.496 e. The maximum absolute atomic E-state index is 12.0. The Hall–Kier alpha value is -2.11. The van der Waals surface area contributed by atoms with Gasteiger partial charge in [0.1, 0.15) is 0 Å². The summed E-state index contributed by atoms with van der Waals surface area (Å²) in [7, 11) is -0.730. The van der Waals surface area contributed by atoms with E-state index in [1.807, 2.05) is 70.2 Å². The minimum Gasteiger partial charge on any atom is -0.478 e. The Morgan fingerprint density at radius 2 is 1.52 bits per heavy atom. The van der Waals surface area contributed by atoms with Crippen LogP contribution in [0.1, 0.15) is 43.6 Å². The molecule has 5 heteroatoms. The summed E-state index contributed by atoms with van der Waals surface area (Å²) in [4.78, 5) is 12.0. The van der Waals surface area contributed by atoms with Crippen molar-refractivity contribution in [3.8, 4) is 11.1 Å². The third-order valence-electron chi connectivity index (χ3n) is 5.24. The molecule has 3 rings (SSSR count). The molecule has 130 valence electrons. The Balaban J connectivity index is 2.24. The maximum Gasteiger partial charge on any atom is 0.496 e. The average Bonchev–Trinajstić information content (AvgIpc) is 2.75. The van der Waals surface area contributed by atoms with Gasteiger partial charge in [-0.15, -0.1) is 0 Å². The number of carboxylic acid groups (broad SMARTS) is 1. The highest BCUT2D eigenvalue weighted by Crippen LogP contribution is 2.38. The van der Waals surface area contributed by atoms with E-state index in [4.69, 9.17) is 9.31 Å². The molecule has 0 radical (unpaired) electrons. The van der Waals surface area contributed by atoms with E-state index in [0.717, 1.165) is 11.1 Å². The van der Waals surface area contributed by atoms with E-state index in [1.165, 1.54) is 0 Å². The van der Waals surface area contributed by atoms with Crippen molar-refractivity contribution in [1.29, 1.82) is 0 Å². The summed E-state index contributed by atoms with van der Waals surface area (Å²) in [6.45, 7) is 9.65. The Morgan fingerprint density at radius 1 is 0.960 bits per heavy atom. The van der Waals surface area contributed by atoms with Crippen LogP contribution in [0.5, 0.6) is 0 Å². The highest BCUT2D eigenvalue weighted by molar-refractivity contribution is 6.65. The third kappa shape index (κ3) is 2.98. The van der Waals surface area contributed by atoms with Gasteiger partial charge in [-0.05, 0) is 51.3 Å². The molecule has 1 fully saturated rings. The molecule has 0 unspecified atom stereocenters. The van der Waals surface area contributed by atoms with E-state index in [0.29, 0.717) is 11.0 Å². The fraction of sp³-hybridized carbons (Fsp3) is 0.350. The molecular weight excluding hydrogens is 315 g/mol. The van der Waals surface area contributed by atoms with Crippen LogP contribution in [0.15, 0.2) is 42.5 Å². The summed E-state index contributed by atoms with van der Waals surface area (Å²) in [5.41, 5.74) is 2.21. The summed E-state index contributed by atoms with van der Waals surface area (Å²) in [5, 5.41) is 9.83. The average molecular weight is 338 g/mol. The molecule has 0 amide bonds. The number of hydrogen-bond donors (Lipinski definition) is 1. The van der Waals surface area contributed by atoms with Crippen LogP contribution in [0.2, 0.25) is 0 Å². The Morgan fingerprint density at radius 3 is 2.04 bits per heavy atom. The zero-order chi connectivity index (χ0) is 18.4. The highest BCUT2D eigenvalue weighted by Gasteiger charge is 2.53. The fourth-order valence-corrected chi connectivity index (χ4v) is 3.09. The molecule has 4 nitrogen and oxygen atoms in total. The van der Waals surface area contributed by atoms with Crippen LogP contribution in [0, 0.1) is 6.92 Å². The maximum atomic E-state index is 12.0. The van der Waals surface area contributed by atoms with Crippen LogP contribution in [0.4, 0.5) is 0 Å². The minimum atomic E-state index is -0.972. The predicted octanol–water partition coefficient (Wildman–Crippen LogP) is 3.66. The van der Waals surface area contributed by atoms with Gasteiger partial charge in [0, 0.05) is 5.46 Å². The number of aromatic carboxylic acids is 1. The molecule has 1 N–H and O–H groups in total. The lowest BCUT2D eigenvalue weighted by Gasteiger charge is -2.32. The van der Waals surface area contributed by atoms with Gasteiger partial charge in [0.05, 0.1) is 16.8 Å². The van der Waals surface area contributed by atoms with Crippen molar-refractivity contribution < 1.29 is 19.2 Å². The minimum absolute atomic E-state index is 0.250. The van der Waals surface area contributed by atoms with Crippen LogP contribution >= 0.6 is 0 Å². The van der Waals surface area contributed by atoms with Crippen LogP contribution in [-0.2, 0) is 9.31 Å². The molecule has 0 saturated carbocycles. The molecule has 0 bridgehead atoms. The lowest BCUT2D eigenvalue weighted by atomic mass is 9.70. The standard InChI is InChI=1S/C20H23BO4/c1-13-11-12-15(14-9-7-6-8-10-14)17(16(13)18(22)23)21-24-19(2,3)20(4,5)25-21/h6-12H,1-5H3,(H,22,23). The molecule has 1 aliphatic rings. The van der Waals surface area contributed by atoms with E-state index < -0.39 is 24.3 Å². The monoisotopic (exact) mass is 338 g/mol.